The van der Waals surface area contributed by atoms with Crippen molar-refractivity contribution >= 4 is 21.1 Å². The van der Waals surface area contributed by atoms with Gasteiger partial charge in [-0.15, -0.1) is 0 Å². The van der Waals surface area contributed by atoms with Crippen LogP contribution >= 0.6 is 0 Å². The number of hydrogen-bond donors (Lipinski definition) is 0. The smallest absolute Gasteiger partial charge is 0.243 e. The molecule has 0 atom stereocenters. The van der Waals surface area contributed by atoms with Crippen molar-refractivity contribution in [1.29, 1.82) is 0 Å². The monoisotopic (exact) mass is 397 g/mol. The second-order valence-corrected chi connectivity index (χ2v) is 9.78. The Labute approximate surface area is 167 Å². The van der Waals surface area contributed by atoms with E-state index in [0.29, 0.717) is 23.9 Å². The molecule has 2 heterocycles. The molecule has 0 N–H and O–H groups in total. The third-order valence-electron chi connectivity index (χ3n) is 5.81. The number of imidazole rings is 1. The molecule has 0 saturated carbocycles. The van der Waals surface area contributed by atoms with Crippen LogP contribution in [0.5, 0.6) is 0 Å². The highest BCUT2D eigenvalue weighted by molar-refractivity contribution is 7.89. The molecule has 0 spiro atoms. The Morgan fingerprint density at radius 3 is 2.46 bits per heavy atom. The SMILES string of the molecule is Cc1ccc(S(=O)(=O)N2CCC(Cn3c(C)nc4ccccc43)CC2)c(C)c1. The molecule has 5 nitrogen and oxygen atoms in total. The Bertz CT molecular complexity index is 1110. The fourth-order valence-electron chi connectivity index (χ4n) is 4.24. The van der Waals surface area contributed by atoms with Gasteiger partial charge in [0, 0.05) is 19.6 Å². The summed E-state index contributed by atoms with van der Waals surface area (Å²) < 4.78 is 30.1. The van der Waals surface area contributed by atoms with Gasteiger partial charge in [0.15, 0.2) is 0 Å². The first-order chi connectivity index (χ1) is 13.4. The maximum absolute atomic E-state index is 13.1. The van der Waals surface area contributed by atoms with Gasteiger partial charge in [-0.1, -0.05) is 29.8 Å². The van der Waals surface area contributed by atoms with E-state index < -0.39 is 10.0 Å². The number of benzene rings is 2. The van der Waals surface area contributed by atoms with Gasteiger partial charge in [-0.2, -0.15) is 4.31 Å². The van der Waals surface area contributed by atoms with E-state index in [4.69, 9.17) is 0 Å². The first kappa shape index (κ1) is 19.2. The molecule has 1 fully saturated rings. The van der Waals surface area contributed by atoms with Gasteiger partial charge >= 0.3 is 0 Å². The zero-order chi connectivity index (χ0) is 19.9. The fraction of sp³-hybridized carbons (Fsp3) is 0.409. The lowest BCUT2D eigenvalue weighted by atomic mass is 9.98. The van der Waals surface area contributed by atoms with Gasteiger partial charge in [0.1, 0.15) is 5.82 Å². The van der Waals surface area contributed by atoms with E-state index in [-0.39, 0.29) is 0 Å². The third-order valence-corrected chi connectivity index (χ3v) is 7.87. The molecule has 1 aliphatic rings. The van der Waals surface area contributed by atoms with Crippen LogP contribution in [0.4, 0.5) is 0 Å². The van der Waals surface area contributed by atoms with Crippen molar-refractivity contribution in [3.63, 3.8) is 0 Å². The molecule has 0 unspecified atom stereocenters. The summed E-state index contributed by atoms with van der Waals surface area (Å²) in [6, 6.07) is 13.8. The minimum absolute atomic E-state index is 0.438. The largest absolute Gasteiger partial charge is 0.328 e. The Morgan fingerprint density at radius 1 is 1.04 bits per heavy atom. The number of aryl methyl sites for hydroxylation is 3. The first-order valence-electron chi connectivity index (χ1n) is 9.85. The molecule has 2 aromatic carbocycles. The van der Waals surface area contributed by atoms with E-state index in [9.17, 15) is 8.42 Å². The van der Waals surface area contributed by atoms with Crippen LogP contribution < -0.4 is 0 Å². The number of rotatable bonds is 4. The van der Waals surface area contributed by atoms with Crippen LogP contribution in [0.15, 0.2) is 47.4 Å². The molecule has 3 aromatic rings. The van der Waals surface area contributed by atoms with Crippen molar-refractivity contribution in [2.45, 2.75) is 45.1 Å². The molecule has 6 heteroatoms. The van der Waals surface area contributed by atoms with Gasteiger partial charge in [-0.3, -0.25) is 0 Å². The topological polar surface area (TPSA) is 55.2 Å². The number of fused-ring (bicyclic) bond motifs is 1. The van der Waals surface area contributed by atoms with Crippen molar-refractivity contribution in [2.24, 2.45) is 5.92 Å². The van der Waals surface area contributed by atoms with Gasteiger partial charge in [0.25, 0.3) is 0 Å². The highest BCUT2D eigenvalue weighted by Gasteiger charge is 2.30. The summed E-state index contributed by atoms with van der Waals surface area (Å²) in [5.41, 5.74) is 4.08. The van der Waals surface area contributed by atoms with E-state index in [1.54, 1.807) is 10.4 Å². The maximum Gasteiger partial charge on any atom is 0.243 e. The van der Waals surface area contributed by atoms with Gasteiger partial charge < -0.3 is 4.57 Å². The van der Waals surface area contributed by atoms with E-state index in [2.05, 4.69) is 15.6 Å². The van der Waals surface area contributed by atoms with Crippen LogP contribution in [0.2, 0.25) is 0 Å². The highest BCUT2D eigenvalue weighted by atomic mass is 32.2. The molecule has 148 valence electrons. The standard InChI is InChI=1S/C22H27N3O2S/c1-16-8-9-22(17(2)14-16)28(26,27)24-12-10-19(11-13-24)15-25-18(3)23-20-6-4-5-7-21(20)25/h4-9,14,19H,10-13,15H2,1-3H3. The van der Waals surface area contributed by atoms with Crippen molar-refractivity contribution in [3.05, 3.63) is 59.4 Å². The van der Waals surface area contributed by atoms with Crippen LogP contribution in [0.1, 0.15) is 29.8 Å². The number of hydrogen-bond acceptors (Lipinski definition) is 3. The third kappa shape index (κ3) is 3.47. The second kappa shape index (κ2) is 7.33. The summed E-state index contributed by atoms with van der Waals surface area (Å²) in [4.78, 5) is 5.08. The predicted molar refractivity (Wildman–Crippen MR) is 112 cm³/mol. The van der Waals surface area contributed by atoms with Crippen molar-refractivity contribution < 1.29 is 8.42 Å². The average Bonchev–Trinajstić information content (AvgIpc) is 2.97. The van der Waals surface area contributed by atoms with E-state index in [1.807, 2.05) is 51.1 Å². The van der Waals surface area contributed by atoms with Gasteiger partial charge in [-0.05, 0) is 63.3 Å². The van der Waals surface area contributed by atoms with Crippen molar-refractivity contribution in [3.8, 4) is 0 Å². The van der Waals surface area contributed by atoms with E-state index in [0.717, 1.165) is 47.4 Å². The summed E-state index contributed by atoms with van der Waals surface area (Å²) in [5, 5.41) is 0. The number of aromatic nitrogens is 2. The van der Waals surface area contributed by atoms with Crippen molar-refractivity contribution in [1.82, 2.24) is 13.9 Å². The Hall–Kier alpha value is -2.18. The summed E-state index contributed by atoms with van der Waals surface area (Å²) in [6.07, 6.45) is 1.74. The summed E-state index contributed by atoms with van der Waals surface area (Å²) in [7, 11) is -3.42. The lowest BCUT2D eigenvalue weighted by molar-refractivity contribution is 0.253. The highest BCUT2D eigenvalue weighted by Crippen LogP contribution is 2.28. The van der Waals surface area contributed by atoms with Crippen LogP contribution in [-0.4, -0.2) is 35.4 Å². The van der Waals surface area contributed by atoms with Crippen LogP contribution in [0, 0.1) is 26.7 Å². The molecule has 0 amide bonds. The Morgan fingerprint density at radius 2 is 1.75 bits per heavy atom. The molecular weight excluding hydrogens is 370 g/mol. The average molecular weight is 398 g/mol. The molecule has 0 bridgehead atoms. The van der Waals surface area contributed by atoms with Gasteiger partial charge in [0.05, 0.1) is 15.9 Å². The van der Waals surface area contributed by atoms with Crippen LogP contribution in [-0.2, 0) is 16.6 Å². The number of sulfonamides is 1. The lowest BCUT2D eigenvalue weighted by Crippen LogP contribution is -2.39. The van der Waals surface area contributed by atoms with E-state index in [1.165, 1.54) is 0 Å². The van der Waals surface area contributed by atoms with Crippen LogP contribution in [0.3, 0.4) is 0 Å². The quantitative estimate of drug-likeness (QED) is 0.667. The molecule has 0 radical (unpaired) electrons. The normalized spacial score (nSPS) is 16.7. The summed E-state index contributed by atoms with van der Waals surface area (Å²) >= 11 is 0. The number of nitrogens with zero attached hydrogens (tertiary/aromatic N) is 3. The fourth-order valence-corrected chi connectivity index (χ4v) is 5.92. The molecule has 1 saturated heterocycles. The number of para-hydroxylation sites is 2. The zero-order valence-electron chi connectivity index (χ0n) is 16.7. The molecule has 4 rings (SSSR count). The molecule has 1 aromatic heterocycles. The number of piperidine rings is 1. The second-order valence-electron chi connectivity index (χ2n) is 7.87. The van der Waals surface area contributed by atoms with Crippen LogP contribution in [0.25, 0.3) is 11.0 Å². The Balaban J connectivity index is 1.48. The summed E-state index contributed by atoms with van der Waals surface area (Å²) in [6.45, 7) is 7.94. The molecule has 0 aliphatic carbocycles. The molecule has 1 aliphatic heterocycles. The summed E-state index contributed by atoms with van der Waals surface area (Å²) in [5.74, 6) is 1.48. The minimum atomic E-state index is -3.42. The molecular formula is C22H27N3O2S. The Kier molecular flexibility index (Phi) is 5.02. The molecule has 28 heavy (non-hydrogen) atoms. The maximum atomic E-state index is 13.1. The zero-order valence-corrected chi connectivity index (χ0v) is 17.5. The predicted octanol–water partition coefficient (Wildman–Crippen LogP) is 4.06. The van der Waals surface area contributed by atoms with Gasteiger partial charge in [-0.25, -0.2) is 13.4 Å². The first-order valence-corrected chi connectivity index (χ1v) is 11.3. The van der Waals surface area contributed by atoms with E-state index >= 15 is 0 Å². The minimum Gasteiger partial charge on any atom is -0.328 e. The van der Waals surface area contributed by atoms with Gasteiger partial charge in [0.2, 0.25) is 10.0 Å². The van der Waals surface area contributed by atoms with Crippen molar-refractivity contribution in [2.75, 3.05) is 13.1 Å². The lowest BCUT2D eigenvalue weighted by Gasteiger charge is -2.32.